The Morgan fingerprint density at radius 3 is 2.50 bits per heavy atom. The Morgan fingerprint density at radius 1 is 1.14 bits per heavy atom. The molecule has 6 heteroatoms. The van der Waals surface area contributed by atoms with Crippen molar-refractivity contribution in [1.29, 1.82) is 0 Å². The summed E-state index contributed by atoms with van der Waals surface area (Å²) in [5.74, 6) is -1.88. The molecule has 1 aliphatic heterocycles. The fourth-order valence-corrected chi connectivity index (χ4v) is 5.16. The van der Waals surface area contributed by atoms with Crippen molar-refractivity contribution in [2.24, 2.45) is 10.8 Å². The molecular formula is C22H19BrO5. The Labute approximate surface area is 171 Å². The van der Waals surface area contributed by atoms with Crippen molar-refractivity contribution in [2.75, 3.05) is 6.61 Å². The molecule has 1 aliphatic carbocycles. The molecule has 1 fully saturated rings. The highest BCUT2D eigenvalue weighted by molar-refractivity contribution is 9.10. The van der Waals surface area contributed by atoms with Crippen LogP contribution in [0.4, 0.5) is 0 Å². The molecule has 28 heavy (non-hydrogen) atoms. The average Bonchev–Trinajstić information content (AvgIpc) is 3.36. The quantitative estimate of drug-likeness (QED) is 0.299. The molecule has 0 radical (unpaired) electrons. The molecule has 5 nitrogen and oxygen atoms in total. The van der Waals surface area contributed by atoms with Gasteiger partial charge >= 0.3 is 11.9 Å². The molecule has 2 aromatic rings. The predicted molar refractivity (Wildman–Crippen MR) is 105 cm³/mol. The number of Topliss-reactive ketones (excluding diaryl/α,β-unsaturated/α-hetero) is 1. The van der Waals surface area contributed by atoms with Gasteiger partial charge in [0.25, 0.3) is 0 Å². The zero-order chi connectivity index (χ0) is 20.1. The van der Waals surface area contributed by atoms with E-state index in [0.29, 0.717) is 23.3 Å². The maximum Gasteiger partial charge on any atom is 0.330 e. The topological polar surface area (TPSA) is 69.7 Å². The maximum atomic E-state index is 13.7. The molecule has 4 rings (SSSR count). The number of halogens is 1. The minimum Gasteiger partial charge on any atom is -0.465 e. The van der Waals surface area contributed by atoms with Gasteiger partial charge in [-0.15, -0.1) is 0 Å². The first kappa shape index (κ1) is 18.9. The lowest BCUT2D eigenvalue weighted by Crippen LogP contribution is -2.40. The van der Waals surface area contributed by atoms with E-state index >= 15 is 0 Å². The van der Waals surface area contributed by atoms with E-state index in [-0.39, 0.29) is 12.4 Å². The zero-order valence-corrected chi connectivity index (χ0v) is 17.1. The van der Waals surface area contributed by atoms with Crippen molar-refractivity contribution >= 4 is 33.7 Å². The largest absolute Gasteiger partial charge is 0.465 e. The van der Waals surface area contributed by atoms with Gasteiger partial charge in [-0.2, -0.15) is 0 Å². The van der Waals surface area contributed by atoms with Crippen molar-refractivity contribution in [3.63, 3.8) is 0 Å². The third-order valence-corrected chi connectivity index (χ3v) is 6.44. The molecule has 144 valence electrons. The lowest BCUT2D eigenvalue weighted by molar-refractivity contribution is -0.162. The number of ether oxygens (including phenoxy) is 2. The number of ketones is 1. The van der Waals surface area contributed by atoms with Crippen molar-refractivity contribution < 1.29 is 23.9 Å². The summed E-state index contributed by atoms with van der Waals surface area (Å²) in [6.45, 7) is 3.62. The van der Waals surface area contributed by atoms with Crippen LogP contribution in [0, 0.1) is 10.8 Å². The number of rotatable bonds is 5. The van der Waals surface area contributed by atoms with E-state index in [9.17, 15) is 14.4 Å². The van der Waals surface area contributed by atoms with E-state index < -0.39 is 28.7 Å². The van der Waals surface area contributed by atoms with Crippen LogP contribution in [0.15, 0.2) is 53.0 Å². The molecule has 1 heterocycles. The van der Waals surface area contributed by atoms with Gasteiger partial charge in [-0.3, -0.25) is 14.4 Å². The molecule has 0 saturated heterocycles. The first-order valence-corrected chi connectivity index (χ1v) is 10.0. The Morgan fingerprint density at radius 2 is 1.86 bits per heavy atom. The van der Waals surface area contributed by atoms with E-state index in [2.05, 4.69) is 15.9 Å². The van der Waals surface area contributed by atoms with E-state index in [4.69, 9.17) is 9.47 Å². The van der Waals surface area contributed by atoms with Gasteiger partial charge in [0.1, 0.15) is 5.75 Å². The van der Waals surface area contributed by atoms with Gasteiger partial charge < -0.3 is 9.47 Å². The van der Waals surface area contributed by atoms with Crippen LogP contribution in [-0.2, 0) is 14.3 Å². The van der Waals surface area contributed by atoms with Gasteiger partial charge in [0.05, 0.1) is 12.0 Å². The van der Waals surface area contributed by atoms with Crippen LogP contribution in [0.3, 0.4) is 0 Å². The Hall–Kier alpha value is -2.47. The Balaban J connectivity index is 1.96. The lowest BCUT2D eigenvalue weighted by Gasteiger charge is -2.22. The first-order chi connectivity index (χ1) is 13.4. The second-order valence-electron chi connectivity index (χ2n) is 7.05. The monoisotopic (exact) mass is 442 g/mol. The van der Waals surface area contributed by atoms with Gasteiger partial charge in [-0.05, 0) is 31.5 Å². The van der Waals surface area contributed by atoms with Crippen molar-refractivity contribution in [3.05, 3.63) is 64.1 Å². The van der Waals surface area contributed by atoms with Crippen LogP contribution in [0.1, 0.15) is 42.1 Å². The fourth-order valence-electron chi connectivity index (χ4n) is 4.78. The minimum absolute atomic E-state index is 0.116. The highest BCUT2D eigenvalue weighted by Gasteiger charge is 2.90. The van der Waals surface area contributed by atoms with Gasteiger partial charge in [-0.1, -0.05) is 53.2 Å². The highest BCUT2D eigenvalue weighted by Crippen LogP contribution is 2.80. The maximum absolute atomic E-state index is 13.7. The molecule has 2 aliphatic rings. The van der Waals surface area contributed by atoms with Crippen LogP contribution in [0.5, 0.6) is 5.75 Å². The number of benzene rings is 2. The molecule has 1 saturated carbocycles. The Bertz CT molecular complexity index is 986. The number of carbonyl (C=O) groups is 3. The summed E-state index contributed by atoms with van der Waals surface area (Å²) in [6, 6.07) is 14.0. The van der Waals surface area contributed by atoms with Crippen LogP contribution < -0.4 is 4.74 Å². The summed E-state index contributed by atoms with van der Waals surface area (Å²) in [7, 11) is 0. The van der Waals surface area contributed by atoms with E-state index in [1.54, 1.807) is 43.3 Å². The molecule has 0 unspecified atom stereocenters. The number of hydrogen-bond acceptors (Lipinski definition) is 5. The van der Waals surface area contributed by atoms with E-state index in [0.717, 1.165) is 4.47 Å². The number of carbonyl (C=O) groups excluding carboxylic acids is 3. The van der Waals surface area contributed by atoms with Crippen molar-refractivity contribution in [3.8, 4) is 5.75 Å². The predicted octanol–water partition coefficient (Wildman–Crippen LogP) is 4.29. The standard InChI is InChI=1S/C22H19BrO5/c1-3-21(18(24)13-8-6-5-7-9-13)17-15-12-14(23)10-11-16(15)28-20(26)22(17,21)19(25)27-4-2/h5-12,17H,3-4H2,1-2H3/t17-,21+,22+/m1/s1. The second kappa shape index (κ2) is 6.55. The molecule has 3 atom stereocenters. The second-order valence-corrected chi connectivity index (χ2v) is 7.97. The number of hydrogen-bond donors (Lipinski definition) is 0. The normalized spacial score (nSPS) is 27.2. The summed E-state index contributed by atoms with van der Waals surface area (Å²) < 4.78 is 11.6. The molecule has 2 aromatic carbocycles. The summed E-state index contributed by atoms with van der Waals surface area (Å²) in [5.41, 5.74) is -1.75. The van der Waals surface area contributed by atoms with Crippen LogP contribution in [0.25, 0.3) is 0 Å². The first-order valence-electron chi connectivity index (χ1n) is 9.23. The van der Waals surface area contributed by atoms with Gasteiger partial charge in [0, 0.05) is 21.5 Å². The smallest absolute Gasteiger partial charge is 0.330 e. The van der Waals surface area contributed by atoms with Gasteiger partial charge in [-0.25, -0.2) is 0 Å². The van der Waals surface area contributed by atoms with E-state index in [1.807, 2.05) is 19.1 Å². The summed E-state index contributed by atoms with van der Waals surface area (Å²) in [6.07, 6.45) is 0.311. The van der Waals surface area contributed by atoms with Crippen LogP contribution in [-0.4, -0.2) is 24.3 Å². The molecular weight excluding hydrogens is 424 g/mol. The van der Waals surface area contributed by atoms with Crippen molar-refractivity contribution in [1.82, 2.24) is 0 Å². The van der Waals surface area contributed by atoms with Crippen LogP contribution in [0.2, 0.25) is 0 Å². The third kappa shape index (κ3) is 2.21. The molecule has 0 N–H and O–H groups in total. The average molecular weight is 443 g/mol. The molecule has 0 aromatic heterocycles. The molecule has 0 spiro atoms. The summed E-state index contributed by atoms with van der Waals surface area (Å²) in [5, 5.41) is 0. The fraction of sp³-hybridized carbons (Fsp3) is 0.318. The number of fused-ring (bicyclic) bond motifs is 3. The highest BCUT2D eigenvalue weighted by atomic mass is 79.9. The summed E-state index contributed by atoms with van der Waals surface area (Å²) >= 11 is 3.44. The lowest BCUT2D eigenvalue weighted by atomic mass is 9.83. The summed E-state index contributed by atoms with van der Waals surface area (Å²) in [4.78, 5) is 39.9. The molecule has 0 amide bonds. The Kier molecular flexibility index (Phi) is 4.42. The van der Waals surface area contributed by atoms with Gasteiger partial charge in [0.15, 0.2) is 11.2 Å². The van der Waals surface area contributed by atoms with Crippen LogP contribution >= 0.6 is 15.9 Å². The minimum atomic E-state index is -1.65. The van der Waals surface area contributed by atoms with E-state index in [1.165, 1.54) is 0 Å². The van der Waals surface area contributed by atoms with Crippen molar-refractivity contribution in [2.45, 2.75) is 26.2 Å². The SMILES string of the molecule is CCOC(=O)[C@]12C(=O)Oc3ccc(Br)cc3[C@@H]1[C@@]2(CC)C(=O)c1ccccc1. The molecule has 0 bridgehead atoms. The van der Waals surface area contributed by atoms with Gasteiger partial charge in [0.2, 0.25) is 0 Å². The number of esters is 2. The zero-order valence-electron chi connectivity index (χ0n) is 15.5. The third-order valence-electron chi connectivity index (χ3n) is 5.95.